The Hall–Kier alpha value is -4.72. The molecule has 5 aromatic rings. The first kappa shape index (κ1) is 25.6. The summed E-state index contributed by atoms with van der Waals surface area (Å²) in [7, 11) is 0. The number of carbonyl (C=O) groups excluding carboxylic acids is 2. The number of benzene rings is 2. The highest BCUT2D eigenvalue weighted by atomic mass is 16.5. The second-order valence-corrected chi connectivity index (χ2v) is 10.4. The summed E-state index contributed by atoms with van der Waals surface area (Å²) in [5.74, 6) is 0.331. The van der Waals surface area contributed by atoms with Crippen molar-refractivity contribution in [1.29, 1.82) is 0 Å². The lowest BCUT2D eigenvalue weighted by atomic mass is 9.93. The Balaban J connectivity index is 1.22. The number of para-hydroxylation sites is 1. The average Bonchev–Trinajstić information content (AvgIpc) is 3.48. The van der Waals surface area contributed by atoms with E-state index >= 15 is 0 Å². The molecule has 0 aliphatic heterocycles. The highest BCUT2D eigenvalue weighted by molar-refractivity contribution is 6.06. The van der Waals surface area contributed by atoms with Crippen LogP contribution in [0.2, 0.25) is 0 Å². The monoisotopic (exact) mass is 535 g/mol. The zero-order chi connectivity index (χ0) is 28.0. The van der Waals surface area contributed by atoms with Gasteiger partial charge in [0.25, 0.3) is 0 Å². The number of aromatic nitrogens is 1. The molecule has 0 unspecified atom stereocenters. The van der Waals surface area contributed by atoms with Crippen LogP contribution in [-0.2, 0) is 17.6 Å². The fourth-order valence-corrected chi connectivity index (χ4v) is 5.52. The molecule has 1 aliphatic carbocycles. The van der Waals surface area contributed by atoms with Gasteiger partial charge in [-0.3, -0.25) is 4.79 Å². The molecule has 8 heteroatoms. The van der Waals surface area contributed by atoms with Crippen LogP contribution in [0.1, 0.15) is 62.7 Å². The molecule has 8 nitrogen and oxygen atoms in total. The Bertz CT molecular complexity index is 1840. The predicted octanol–water partition coefficient (Wildman–Crippen LogP) is 6.43. The molecule has 0 bridgehead atoms. The van der Waals surface area contributed by atoms with Crippen molar-refractivity contribution in [1.82, 2.24) is 10.4 Å². The SMILES string of the molecule is Cc1cc(C)c2c(CC(=O)N/N=C3\CCCc4oc(C(=O)Oc5cccc6ccc(C)nc56)c(C)c43)coc2c1. The van der Waals surface area contributed by atoms with Gasteiger partial charge in [-0.25, -0.2) is 15.2 Å². The van der Waals surface area contributed by atoms with Gasteiger partial charge in [-0.05, 0) is 69.9 Å². The lowest BCUT2D eigenvalue weighted by Crippen LogP contribution is -2.23. The molecule has 6 rings (SSSR count). The summed E-state index contributed by atoms with van der Waals surface area (Å²) in [5, 5.41) is 6.29. The van der Waals surface area contributed by atoms with E-state index in [1.165, 1.54) is 0 Å². The van der Waals surface area contributed by atoms with Crippen molar-refractivity contribution in [3.63, 3.8) is 0 Å². The second-order valence-electron chi connectivity index (χ2n) is 10.4. The number of rotatable bonds is 5. The van der Waals surface area contributed by atoms with Crippen molar-refractivity contribution in [2.75, 3.05) is 0 Å². The van der Waals surface area contributed by atoms with Gasteiger partial charge in [-0.2, -0.15) is 5.10 Å². The lowest BCUT2D eigenvalue weighted by molar-refractivity contribution is -0.120. The molecule has 0 saturated carbocycles. The van der Waals surface area contributed by atoms with Crippen LogP contribution in [0.4, 0.5) is 0 Å². The van der Waals surface area contributed by atoms with Crippen molar-refractivity contribution < 1.29 is 23.2 Å². The van der Waals surface area contributed by atoms with E-state index in [9.17, 15) is 9.59 Å². The summed E-state index contributed by atoms with van der Waals surface area (Å²) in [6.45, 7) is 7.73. The van der Waals surface area contributed by atoms with Crippen LogP contribution in [0.15, 0.2) is 62.7 Å². The fourth-order valence-electron chi connectivity index (χ4n) is 5.52. The number of furan rings is 2. The van der Waals surface area contributed by atoms with Crippen LogP contribution >= 0.6 is 0 Å². The first-order valence-electron chi connectivity index (χ1n) is 13.3. The van der Waals surface area contributed by atoms with Crippen LogP contribution in [0.5, 0.6) is 5.75 Å². The van der Waals surface area contributed by atoms with Gasteiger partial charge in [-0.1, -0.05) is 24.3 Å². The molecule has 3 aromatic heterocycles. The molecule has 2 aromatic carbocycles. The Kier molecular flexibility index (Phi) is 6.46. The van der Waals surface area contributed by atoms with E-state index in [0.29, 0.717) is 41.1 Å². The predicted molar refractivity (Wildman–Crippen MR) is 152 cm³/mol. The van der Waals surface area contributed by atoms with Gasteiger partial charge >= 0.3 is 5.97 Å². The van der Waals surface area contributed by atoms with Crippen molar-refractivity contribution in [2.24, 2.45) is 5.10 Å². The zero-order valence-corrected chi connectivity index (χ0v) is 22.9. The minimum absolute atomic E-state index is 0.131. The minimum atomic E-state index is -0.594. The van der Waals surface area contributed by atoms with Crippen LogP contribution in [0.25, 0.3) is 21.9 Å². The average molecular weight is 536 g/mol. The number of nitrogens with zero attached hydrogens (tertiary/aromatic N) is 2. The maximum atomic E-state index is 13.2. The maximum absolute atomic E-state index is 13.2. The molecule has 40 heavy (non-hydrogen) atoms. The molecule has 0 saturated heterocycles. The number of amides is 1. The number of hydrogen-bond donors (Lipinski definition) is 1. The number of aryl methyl sites for hydroxylation is 4. The number of pyridine rings is 1. The van der Waals surface area contributed by atoms with E-state index in [0.717, 1.165) is 50.7 Å². The first-order valence-corrected chi connectivity index (χ1v) is 13.3. The summed E-state index contributed by atoms with van der Waals surface area (Å²) < 4.78 is 17.4. The normalized spacial score (nSPS) is 14.1. The summed E-state index contributed by atoms with van der Waals surface area (Å²) in [5.41, 5.74) is 9.99. The molecule has 0 fully saturated rings. The lowest BCUT2D eigenvalue weighted by Gasteiger charge is -2.13. The maximum Gasteiger partial charge on any atom is 0.380 e. The largest absolute Gasteiger partial charge is 0.464 e. The number of esters is 1. The van der Waals surface area contributed by atoms with E-state index in [4.69, 9.17) is 13.6 Å². The summed E-state index contributed by atoms with van der Waals surface area (Å²) in [6, 6.07) is 13.4. The Labute approximate surface area is 231 Å². The standard InChI is InChI=1S/C32H29N3O5/c1-17-13-18(2)28-22(16-38-26(28)14-17)15-27(36)35-34-23-8-6-9-24-29(23)20(4)31(39-24)32(37)40-25-10-5-7-21-12-11-19(3)33-30(21)25/h5,7,10-14,16H,6,8-9,15H2,1-4H3,(H,35,36)/b34-23+. The molecule has 0 spiro atoms. The fraction of sp³-hybridized carbons (Fsp3) is 0.250. The highest BCUT2D eigenvalue weighted by Gasteiger charge is 2.29. The number of hydrazone groups is 1. The summed E-state index contributed by atoms with van der Waals surface area (Å²) in [6.07, 6.45) is 3.89. The zero-order valence-electron chi connectivity index (χ0n) is 22.9. The quantitative estimate of drug-likeness (QED) is 0.158. The van der Waals surface area contributed by atoms with E-state index < -0.39 is 5.97 Å². The van der Waals surface area contributed by atoms with Gasteiger partial charge in [0.2, 0.25) is 11.7 Å². The van der Waals surface area contributed by atoms with Gasteiger partial charge < -0.3 is 13.6 Å². The molecule has 0 radical (unpaired) electrons. The molecular weight excluding hydrogens is 506 g/mol. The second kappa shape index (κ2) is 10.1. The van der Waals surface area contributed by atoms with Gasteiger partial charge in [0, 0.05) is 39.6 Å². The molecule has 1 amide bonds. The number of nitrogens with one attached hydrogen (secondary N) is 1. The first-order chi connectivity index (χ1) is 19.3. The van der Waals surface area contributed by atoms with E-state index in [1.54, 1.807) is 12.3 Å². The van der Waals surface area contributed by atoms with Gasteiger partial charge in [0.05, 0.1) is 18.4 Å². The van der Waals surface area contributed by atoms with Gasteiger partial charge in [-0.15, -0.1) is 0 Å². The third kappa shape index (κ3) is 4.66. The minimum Gasteiger partial charge on any atom is -0.464 e. The van der Waals surface area contributed by atoms with E-state index in [1.807, 2.05) is 58.0 Å². The third-order valence-corrected chi connectivity index (χ3v) is 7.30. The van der Waals surface area contributed by atoms with Gasteiger partial charge in [0.15, 0.2) is 5.75 Å². The molecule has 1 aliphatic rings. The number of carbonyl (C=O) groups is 2. The summed E-state index contributed by atoms with van der Waals surface area (Å²) >= 11 is 0. The Morgan fingerprint density at radius 1 is 1.07 bits per heavy atom. The Morgan fingerprint density at radius 3 is 2.77 bits per heavy atom. The van der Waals surface area contributed by atoms with Crippen LogP contribution < -0.4 is 10.2 Å². The summed E-state index contributed by atoms with van der Waals surface area (Å²) in [4.78, 5) is 30.6. The van der Waals surface area contributed by atoms with Crippen molar-refractivity contribution in [3.8, 4) is 5.75 Å². The number of hydrogen-bond acceptors (Lipinski definition) is 7. The topological polar surface area (TPSA) is 107 Å². The number of fused-ring (bicyclic) bond motifs is 3. The van der Waals surface area contributed by atoms with Crippen molar-refractivity contribution >= 4 is 39.5 Å². The molecule has 1 N–H and O–H groups in total. The van der Waals surface area contributed by atoms with Crippen LogP contribution in [-0.4, -0.2) is 22.6 Å². The molecule has 0 atom stereocenters. The highest BCUT2D eigenvalue weighted by Crippen LogP contribution is 2.32. The molecule has 202 valence electrons. The van der Waals surface area contributed by atoms with Crippen LogP contribution in [0, 0.1) is 27.7 Å². The molecular formula is C32H29N3O5. The van der Waals surface area contributed by atoms with Crippen molar-refractivity contribution in [3.05, 3.63) is 93.8 Å². The molecule has 3 heterocycles. The van der Waals surface area contributed by atoms with E-state index in [2.05, 4.69) is 21.6 Å². The van der Waals surface area contributed by atoms with E-state index in [-0.39, 0.29) is 18.1 Å². The smallest absolute Gasteiger partial charge is 0.380 e. The Morgan fingerprint density at radius 2 is 1.93 bits per heavy atom. The van der Waals surface area contributed by atoms with Crippen LogP contribution in [0.3, 0.4) is 0 Å². The van der Waals surface area contributed by atoms with Crippen molar-refractivity contribution in [2.45, 2.75) is 53.4 Å². The number of ether oxygens (including phenoxy) is 1. The third-order valence-electron chi connectivity index (χ3n) is 7.30. The van der Waals surface area contributed by atoms with Gasteiger partial charge in [0.1, 0.15) is 16.9 Å².